The lowest BCUT2D eigenvalue weighted by Gasteiger charge is -2.15. The first kappa shape index (κ1) is 16.7. The Morgan fingerprint density at radius 2 is 1.88 bits per heavy atom. The predicted molar refractivity (Wildman–Crippen MR) is 101 cm³/mol. The van der Waals surface area contributed by atoms with E-state index in [9.17, 15) is 4.79 Å². The smallest absolute Gasteiger partial charge is 0.242 e. The van der Waals surface area contributed by atoms with Crippen molar-refractivity contribution < 1.29 is 4.79 Å². The number of nitrogens with zero attached hydrogens (tertiary/aromatic N) is 3. The normalized spacial score (nSPS) is 19.6. The summed E-state index contributed by atoms with van der Waals surface area (Å²) in [6.07, 6.45) is 1.65. The minimum absolute atomic E-state index is 0.0595. The molecule has 24 heavy (non-hydrogen) atoms. The Balaban J connectivity index is 1.76. The number of thioether (sulfide) groups is 1. The van der Waals surface area contributed by atoms with Crippen LogP contribution in [0.25, 0.3) is 0 Å². The summed E-state index contributed by atoms with van der Waals surface area (Å²) in [5.41, 5.74) is 1.97. The third kappa shape index (κ3) is 4.04. The lowest BCUT2D eigenvalue weighted by molar-refractivity contribution is -0.126. The van der Waals surface area contributed by atoms with Gasteiger partial charge in [0, 0.05) is 5.02 Å². The van der Waals surface area contributed by atoms with Crippen molar-refractivity contribution in [1.29, 1.82) is 0 Å². The number of halogens is 1. The van der Waals surface area contributed by atoms with Crippen LogP contribution < -0.4 is 0 Å². The van der Waals surface area contributed by atoms with Crippen LogP contribution in [-0.4, -0.2) is 27.4 Å². The Hall–Kier alpha value is -2.11. The summed E-state index contributed by atoms with van der Waals surface area (Å²) in [5, 5.41) is 9.52. The summed E-state index contributed by atoms with van der Waals surface area (Å²) in [7, 11) is 0. The molecule has 0 spiro atoms. The summed E-state index contributed by atoms with van der Waals surface area (Å²) >= 11 is 7.29. The first-order chi connectivity index (χ1) is 11.6. The van der Waals surface area contributed by atoms with Crippen LogP contribution in [0.3, 0.4) is 0 Å². The number of carbonyl (C=O) groups is 1. The molecule has 1 amide bonds. The van der Waals surface area contributed by atoms with E-state index in [-0.39, 0.29) is 11.2 Å². The molecule has 0 unspecified atom stereocenters. The summed E-state index contributed by atoms with van der Waals surface area (Å²) in [4.78, 5) is 14.0. The third-order valence-electron chi connectivity index (χ3n) is 3.53. The van der Waals surface area contributed by atoms with Gasteiger partial charge >= 0.3 is 0 Å². The topological polar surface area (TPSA) is 45.0 Å². The Morgan fingerprint density at radius 3 is 2.58 bits per heavy atom. The number of hydrogen-bond donors (Lipinski definition) is 0. The highest BCUT2D eigenvalue weighted by molar-refractivity contribution is 8.15. The molecule has 0 radical (unpaired) electrons. The van der Waals surface area contributed by atoms with E-state index >= 15 is 0 Å². The minimum atomic E-state index is -0.141. The summed E-state index contributed by atoms with van der Waals surface area (Å²) in [6, 6.07) is 17.2. The van der Waals surface area contributed by atoms with Crippen LogP contribution in [0.1, 0.15) is 18.1 Å². The van der Waals surface area contributed by atoms with Crippen LogP contribution in [-0.2, 0) is 11.3 Å². The van der Waals surface area contributed by atoms with Crippen molar-refractivity contribution in [3.63, 3.8) is 0 Å². The molecule has 0 aliphatic carbocycles. The molecule has 1 aliphatic heterocycles. The predicted octanol–water partition coefficient (Wildman–Crippen LogP) is 4.19. The van der Waals surface area contributed by atoms with Crippen molar-refractivity contribution >= 4 is 40.7 Å². The van der Waals surface area contributed by atoms with Crippen LogP contribution in [0.4, 0.5) is 0 Å². The first-order valence-electron chi connectivity index (χ1n) is 7.52. The second-order valence-electron chi connectivity index (χ2n) is 5.35. The zero-order valence-electron chi connectivity index (χ0n) is 13.1. The van der Waals surface area contributed by atoms with Gasteiger partial charge in [-0.1, -0.05) is 65.8 Å². The SMILES string of the molecule is C[C@H]1S/C(=N/N=C\c2ccc(Cl)cc2)N(Cc2ccccc2)C1=O. The molecule has 0 bridgehead atoms. The van der Waals surface area contributed by atoms with Gasteiger partial charge in [-0.3, -0.25) is 9.69 Å². The van der Waals surface area contributed by atoms with E-state index < -0.39 is 0 Å². The maximum Gasteiger partial charge on any atom is 0.242 e. The first-order valence-corrected chi connectivity index (χ1v) is 8.78. The van der Waals surface area contributed by atoms with Crippen molar-refractivity contribution in [1.82, 2.24) is 4.90 Å². The standard InChI is InChI=1S/C18H16ClN3OS/c1-13-17(23)22(12-15-5-3-2-4-6-15)18(24-13)21-20-11-14-7-9-16(19)10-8-14/h2-11,13H,12H2,1H3/b20-11-,21-18+/t13-/m1/s1. The average Bonchev–Trinajstić information content (AvgIpc) is 2.85. The molecule has 4 nitrogen and oxygen atoms in total. The second kappa shape index (κ2) is 7.64. The zero-order valence-corrected chi connectivity index (χ0v) is 14.7. The van der Waals surface area contributed by atoms with Gasteiger partial charge in [0.1, 0.15) is 0 Å². The van der Waals surface area contributed by atoms with Crippen molar-refractivity contribution in [3.05, 3.63) is 70.7 Å². The van der Waals surface area contributed by atoms with Crippen LogP contribution in [0.5, 0.6) is 0 Å². The lowest BCUT2D eigenvalue weighted by Crippen LogP contribution is -2.30. The number of amides is 1. The molecule has 0 aromatic heterocycles. The minimum Gasteiger partial charge on any atom is -0.284 e. The molecule has 1 aliphatic rings. The molecule has 1 heterocycles. The zero-order chi connectivity index (χ0) is 16.9. The van der Waals surface area contributed by atoms with Gasteiger partial charge in [-0.2, -0.15) is 5.10 Å². The Morgan fingerprint density at radius 1 is 1.17 bits per heavy atom. The number of hydrogen-bond acceptors (Lipinski definition) is 4. The van der Waals surface area contributed by atoms with Crippen molar-refractivity contribution in [2.24, 2.45) is 10.2 Å². The molecular weight excluding hydrogens is 342 g/mol. The Kier molecular flexibility index (Phi) is 5.33. The molecule has 122 valence electrons. The molecule has 3 rings (SSSR count). The van der Waals surface area contributed by atoms with Crippen LogP contribution in [0.2, 0.25) is 5.02 Å². The van der Waals surface area contributed by atoms with Crippen molar-refractivity contribution in [2.75, 3.05) is 0 Å². The molecule has 1 atom stereocenters. The molecule has 2 aromatic carbocycles. The van der Waals surface area contributed by atoms with Gasteiger partial charge in [-0.25, -0.2) is 0 Å². The Bertz CT molecular complexity index is 775. The number of rotatable bonds is 4. The highest BCUT2D eigenvalue weighted by Crippen LogP contribution is 2.28. The van der Waals surface area contributed by atoms with Crippen molar-refractivity contribution in [2.45, 2.75) is 18.7 Å². The molecule has 0 saturated carbocycles. The monoisotopic (exact) mass is 357 g/mol. The summed E-state index contributed by atoms with van der Waals surface area (Å²) in [5.74, 6) is 0.0595. The average molecular weight is 358 g/mol. The number of amidine groups is 1. The lowest BCUT2D eigenvalue weighted by atomic mass is 10.2. The van der Waals surface area contributed by atoms with Gasteiger partial charge in [0.25, 0.3) is 0 Å². The highest BCUT2D eigenvalue weighted by Gasteiger charge is 2.35. The highest BCUT2D eigenvalue weighted by atomic mass is 35.5. The van der Waals surface area contributed by atoms with Crippen LogP contribution in [0.15, 0.2) is 64.8 Å². The van der Waals surface area contributed by atoms with Crippen molar-refractivity contribution in [3.8, 4) is 0 Å². The van der Waals surface area contributed by atoms with E-state index in [4.69, 9.17) is 11.6 Å². The van der Waals surface area contributed by atoms with Gasteiger partial charge in [0.2, 0.25) is 5.91 Å². The number of benzene rings is 2. The molecule has 6 heteroatoms. The largest absolute Gasteiger partial charge is 0.284 e. The fourth-order valence-corrected chi connectivity index (χ4v) is 3.32. The van der Waals surface area contributed by atoms with E-state index in [2.05, 4.69) is 10.2 Å². The molecule has 0 N–H and O–H groups in total. The quantitative estimate of drug-likeness (QED) is 0.608. The van der Waals surface area contributed by atoms with Gasteiger partial charge in [-0.05, 0) is 30.2 Å². The molecular formula is C18H16ClN3OS. The molecule has 1 saturated heterocycles. The van der Waals surface area contributed by atoms with E-state index in [0.29, 0.717) is 16.7 Å². The van der Waals surface area contributed by atoms with E-state index in [1.807, 2.05) is 49.4 Å². The second-order valence-corrected chi connectivity index (χ2v) is 7.09. The van der Waals surface area contributed by atoms with E-state index in [1.54, 1.807) is 23.2 Å². The summed E-state index contributed by atoms with van der Waals surface area (Å²) < 4.78 is 0. The maximum absolute atomic E-state index is 12.3. The van der Waals surface area contributed by atoms with E-state index in [1.165, 1.54) is 11.8 Å². The maximum atomic E-state index is 12.3. The van der Waals surface area contributed by atoms with Gasteiger partial charge in [0.15, 0.2) is 5.17 Å². The van der Waals surface area contributed by atoms with Gasteiger partial charge < -0.3 is 0 Å². The number of carbonyl (C=O) groups excluding carboxylic acids is 1. The molecule has 1 fully saturated rings. The van der Waals surface area contributed by atoms with Crippen LogP contribution >= 0.6 is 23.4 Å². The summed E-state index contributed by atoms with van der Waals surface area (Å²) in [6.45, 7) is 2.39. The van der Waals surface area contributed by atoms with Gasteiger partial charge in [0.05, 0.1) is 18.0 Å². The van der Waals surface area contributed by atoms with Crippen LogP contribution in [0, 0.1) is 0 Å². The Labute approximate surface area is 150 Å². The fourth-order valence-electron chi connectivity index (χ4n) is 2.27. The van der Waals surface area contributed by atoms with E-state index in [0.717, 1.165) is 11.1 Å². The third-order valence-corrected chi connectivity index (χ3v) is 4.85. The fraction of sp³-hybridized carbons (Fsp3) is 0.167. The molecule has 2 aromatic rings. The van der Waals surface area contributed by atoms with Gasteiger partial charge in [-0.15, -0.1) is 5.10 Å².